The van der Waals surface area contributed by atoms with E-state index in [1.165, 1.54) is 0 Å². The van der Waals surface area contributed by atoms with Crippen molar-refractivity contribution in [3.8, 4) is 0 Å². The molecule has 0 aliphatic heterocycles. The van der Waals surface area contributed by atoms with E-state index in [0.29, 0.717) is 18.1 Å². The molecule has 0 bridgehead atoms. The SMILES string of the molecule is CC(C)(C)C1CCC(=O)C(=Cc2ccco2)C1=Cc1ccco1. The first kappa shape index (κ1) is 15.6. The Morgan fingerprint density at radius 1 is 1.04 bits per heavy atom. The van der Waals surface area contributed by atoms with Crippen LogP contribution in [0.2, 0.25) is 0 Å². The van der Waals surface area contributed by atoms with E-state index in [4.69, 9.17) is 8.83 Å². The highest BCUT2D eigenvalue weighted by Crippen LogP contribution is 2.44. The molecule has 1 fully saturated rings. The molecule has 0 radical (unpaired) electrons. The maximum Gasteiger partial charge on any atom is 0.163 e. The van der Waals surface area contributed by atoms with Gasteiger partial charge < -0.3 is 8.83 Å². The summed E-state index contributed by atoms with van der Waals surface area (Å²) in [5.74, 6) is 1.94. The molecule has 0 aromatic carbocycles. The van der Waals surface area contributed by atoms with E-state index in [2.05, 4.69) is 20.8 Å². The average molecular weight is 310 g/mol. The van der Waals surface area contributed by atoms with Gasteiger partial charge in [-0.1, -0.05) is 20.8 Å². The van der Waals surface area contributed by atoms with E-state index in [1.807, 2.05) is 36.4 Å². The molecule has 2 aromatic heterocycles. The van der Waals surface area contributed by atoms with Gasteiger partial charge in [-0.2, -0.15) is 0 Å². The highest BCUT2D eigenvalue weighted by atomic mass is 16.3. The van der Waals surface area contributed by atoms with Crippen LogP contribution in [0.4, 0.5) is 0 Å². The van der Waals surface area contributed by atoms with Gasteiger partial charge in [-0.05, 0) is 59.7 Å². The molecule has 0 spiro atoms. The largest absolute Gasteiger partial charge is 0.465 e. The summed E-state index contributed by atoms with van der Waals surface area (Å²) in [4.78, 5) is 12.6. The summed E-state index contributed by atoms with van der Waals surface area (Å²) < 4.78 is 10.9. The number of hydrogen-bond acceptors (Lipinski definition) is 3. The summed E-state index contributed by atoms with van der Waals surface area (Å²) in [5.41, 5.74) is 1.85. The van der Waals surface area contributed by atoms with Crippen molar-refractivity contribution in [1.29, 1.82) is 0 Å². The molecule has 120 valence electrons. The maximum atomic E-state index is 12.6. The van der Waals surface area contributed by atoms with Crippen molar-refractivity contribution in [3.05, 3.63) is 59.5 Å². The fraction of sp³-hybridized carbons (Fsp3) is 0.350. The smallest absolute Gasteiger partial charge is 0.163 e. The van der Waals surface area contributed by atoms with Crippen LogP contribution in [0.1, 0.15) is 45.1 Å². The third-order valence-electron chi connectivity index (χ3n) is 4.36. The number of ketones is 1. The summed E-state index contributed by atoms with van der Waals surface area (Å²) in [6.45, 7) is 6.65. The van der Waals surface area contributed by atoms with Crippen LogP contribution < -0.4 is 0 Å². The minimum atomic E-state index is 0.0708. The number of rotatable bonds is 2. The molecule has 1 saturated carbocycles. The molecule has 1 unspecified atom stereocenters. The zero-order valence-corrected chi connectivity index (χ0v) is 13.8. The molecule has 2 aromatic rings. The molecule has 23 heavy (non-hydrogen) atoms. The van der Waals surface area contributed by atoms with Gasteiger partial charge in [0.25, 0.3) is 0 Å². The van der Waals surface area contributed by atoms with Gasteiger partial charge >= 0.3 is 0 Å². The number of allylic oxidation sites excluding steroid dienone is 2. The lowest BCUT2D eigenvalue weighted by Crippen LogP contribution is -2.29. The lowest BCUT2D eigenvalue weighted by Gasteiger charge is -2.36. The number of carbonyl (C=O) groups excluding carboxylic acids is 1. The lowest BCUT2D eigenvalue weighted by atomic mass is 9.67. The fourth-order valence-corrected chi connectivity index (χ4v) is 3.20. The van der Waals surface area contributed by atoms with E-state index in [0.717, 1.165) is 23.3 Å². The molecule has 1 atom stereocenters. The molecule has 3 nitrogen and oxygen atoms in total. The van der Waals surface area contributed by atoms with Gasteiger partial charge in [0.05, 0.1) is 12.5 Å². The molecular weight excluding hydrogens is 288 g/mol. The highest BCUT2D eigenvalue weighted by Gasteiger charge is 2.36. The van der Waals surface area contributed by atoms with Crippen molar-refractivity contribution >= 4 is 17.9 Å². The van der Waals surface area contributed by atoms with E-state index in [9.17, 15) is 4.79 Å². The van der Waals surface area contributed by atoms with Gasteiger partial charge in [0.15, 0.2) is 5.78 Å². The van der Waals surface area contributed by atoms with Crippen molar-refractivity contribution in [2.24, 2.45) is 11.3 Å². The summed E-state index contributed by atoms with van der Waals surface area (Å²) in [6.07, 6.45) is 8.57. The van der Waals surface area contributed by atoms with Crippen LogP contribution in [0.5, 0.6) is 0 Å². The van der Waals surface area contributed by atoms with E-state index in [-0.39, 0.29) is 11.2 Å². The third-order valence-corrected chi connectivity index (χ3v) is 4.36. The second-order valence-electron chi connectivity index (χ2n) is 7.07. The van der Waals surface area contributed by atoms with Gasteiger partial charge in [-0.25, -0.2) is 0 Å². The van der Waals surface area contributed by atoms with Crippen molar-refractivity contribution in [1.82, 2.24) is 0 Å². The molecule has 0 amide bonds. The van der Waals surface area contributed by atoms with Gasteiger partial charge in [0, 0.05) is 12.0 Å². The average Bonchev–Trinajstić information content (AvgIpc) is 3.14. The Labute approximate surface area is 136 Å². The molecule has 1 aliphatic rings. The van der Waals surface area contributed by atoms with Crippen molar-refractivity contribution in [3.63, 3.8) is 0 Å². The first-order chi connectivity index (χ1) is 10.9. The van der Waals surface area contributed by atoms with Gasteiger partial charge in [-0.3, -0.25) is 4.79 Å². The van der Waals surface area contributed by atoms with Crippen molar-refractivity contribution in [2.45, 2.75) is 33.6 Å². The molecule has 3 rings (SSSR count). The Morgan fingerprint density at radius 3 is 2.17 bits per heavy atom. The normalized spacial score (nSPS) is 22.9. The van der Waals surface area contributed by atoms with Crippen LogP contribution in [-0.4, -0.2) is 5.78 Å². The summed E-state index contributed by atoms with van der Waals surface area (Å²) in [7, 11) is 0. The van der Waals surface area contributed by atoms with E-state index < -0.39 is 0 Å². The van der Waals surface area contributed by atoms with E-state index in [1.54, 1.807) is 12.5 Å². The minimum Gasteiger partial charge on any atom is -0.465 e. The maximum absolute atomic E-state index is 12.6. The quantitative estimate of drug-likeness (QED) is 0.701. The van der Waals surface area contributed by atoms with Gasteiger partial charge in [0.2, 0.25) is 0 Å². The number of hydrogen-bond donors (Lipinski definition) is 0. The lowest BCUT2D eigenvalue weighted by molar-refractivity contribution is -0.116. The standard InChI is InChI=1S/C20H22O3/c1-20(2,3)18-8-9-19(21)17(13-15-7-5-11-23-15)16(18)12-14-6-4-10-22-14/h4-7,10-13,18H,8-9H2,1-3H3. The van der Waals surface area contributed by atoms with Gasteiger partial charge in [0.1, 0.15) is 11.5 Å². The fourth-order valence-electron chi connectivity index (χ4n) is 3.20. The van der Waals surface area contributed by atoms with Crippen molar-refractivity contribution < 1.29 is 13.6 Å². The van der Waals surface area contributed by atoms with Crippen LogP contribution in [0, 0.1) is 11.3 Å². The number of furan rings is 2. The molecule has 0 N–H and O–H groups in total. The highest BCUT2D eigenvalue weighted by molar-refractivity contribution is 6.05. The Bertz CT molecular complexity index is 722. The molecule has 1 aliphatic carbocycles. The Kier molecular flexibility index (Phi) is 4.12. The monoisotopic (exact) mass is 310 g/mol. The summed E-state index contributed by atoms with van der Waals surface area (Å²) in [5, 5.41) is 0. The summed E-state index contributed by atoms with van der Waals surface area (Å²) in [6, 6.07) is 7.47. The predicted molar refractivity (Wildman–Crippen MR) is 90.6 cm³/mol. The van der Waals surface area contributed by atoms with Crippen LogP contribution in [0.25, 0.3) is 12.2 Å². The summed E-state index contributed by atoms with van der Waals surface area (Å²) >= 11 is 0. The Morgan fingerprint density at radius 2 is 1.65 bits per heavy atom. The third kappa shape index (κ3) is 3.39. The molecule has 3 heteroatoms. The second kappa shape index (κ2) is 6.07. The molecule has 2 heterocycles. The van der Waals surface area contributed by atoms with Crippen LogP contribution in [-0.2, 0) is 4.79 Å². The topological polar surface area (TPSA) is 43.4 Å². The zero-order chi connectivity index (χ0) is 16.4. The first-order valence-electron chi connectivity index (χ1n) is 7.99. The van der Waals surface area contributed by atoms with Gasteiger partial charge in [-0.15, -0.1) is 0 Å². The number of Topliss-reactive ketones (excluding diaryl/α,β-unsaturated/α-hetero) is 1. The van der Waals surface area contributed by atoms with Crippen LogP contribution in [0.15, 0.2) is 56.8 Å². The van der Waals surface area contributed by atoms with Crippen molar-refractivity contribution in [2.75, 3.05) is 0 Å². The second-order valence-corrected chi connectivity index (χ2v) is 7.07. The Hall–Kier alpha value is -2.29. The Balaban J connectivity index is 2.11. The zero-order valence-electron chi connectivity index (χ0n) is 13.8. The predicted octanol–water partition coefficient (Wildman–Crippen LogP) is 5.36. The van der Waals surface area contributed by atoms with Crippen LogP contribution in [0.3, 0.4) is 0 Å². The van der Waals surface area contributed by atoms with Crippen LogP contribution >= 0.6 is 0 Å². The number of carbonyl (C=O) groups is 1. The first-order valence-corrected chi connectivity index (χ1v) is 7.99. The minimum absolute atomic E-state index is 0.0708. The van der Waals surface area contributed by atoms with E-state index >= 15 is 0 Å². The molecular formula is C20H22O3. The molecule has 0 saturated heterocycles.